The first-order chi connectivity index (χ1) is 14.1. The quantitative estimate of drug-likeness (QED) is 0.733. The molecule has 1 atom stereocenters. The zero-order chi connectivity index (χ0) is 20.4. The highest BCUT2D eigenvalue weighted by Crippen LogP contribution is 2.24. The lowest BCUT2D eigenvalue weighted by atomic mass is 10.1. The van der Waals surface area contributed by atoms with Gasteiger partial charge in [-0.25, -0.2) is 4.98 Å². The summed E-state index contributed by atoms with van der Waals surface area (Å²) in [5.74, 6) is -1.01. The van der Waals surface area contributed by atoms with E-state index in [0.717, 1.165) is 6.42 Å². The van der Waals surface area contributed by atoms with Crippen molar-refractivity contribution < 1.29 is 19.2 Å². The molecule has 0 saturated carbocycles. The molecule has 1 fully saturated rings. The average Bonchev–Trinajstić information content (AvgIpc) is 3.45. The van der Waals surface area contributed by atoms with Crippen LogP contribution in [-0.2, 0) is 9.59 Å². The van der Waals surface area contributed by atoms with Gasteiger partial charge in [0, 0.05) is 31.1 Å². The summed E-state index contributed by atoms with van der Waals surface area (Å²) in [4.78, 5) is 56.7. The van der Waals surface area contributed by atoms with E-state index >= 15 is 0 Å². The van der Waals surface area contributed by atoms with Crippen LogP contribution in [0.3, 0.4) is 0 Å². The lowest BCUT2D eigenvalue weighted by Gasteiger charge is -2.24. The highest BCUT2D eigenvalue weighted by Gasteiger charge is 2.36. The number of carbonyl (C=O) groups is 4. The number of fused-ring (bicyclic) bond motifs is 1. The van der Waals surface area contributed by atoms with Gasteiger partial charge in [0.15, 0.2) is 5.13 Å². The van der Waals surface area contributed by atoms with Crippen LogP contribution in [0.25, 0.3) is 0 Å². The number of anilines is 1. The predicted octanol–water partition coefficient (Wildman–Crippen LogP) is 2.15. The van der Waals surface area contributed by atoms with Gasteiger partial charge in [-0.05, 0) is 31.4 Å². The summed E-state index contributed by atoms with van der Waals surface area (Å²) < 4.78 is 0. The average molecular weight is 412 g/mol. The van der Waals surface area contributed by atoms with Crippen molar-refractivity contribution >= 4 is 40.1 Å². The molecule has 1 aromatic heterocycles. The first kappa shape index (κ1) is 19.3. The van der Waals surface area contributed by atoms with Gasteiger partial charge in [0.1, 0.15) is 6.04 Å². The van der Waals surface area contributed by atoms with Crippen molar-refractivity contribution in [3.05, 3.63) is 47.0 Å². The first-order valence-corrected chi connectivity index (χ1v) is 10.4. The SMILES string of the molecule is O=C(Nc1nccs1)C1CCCN1C(=O)CCCN1C(=O)c2ccccc2C1=O. The summed E-state index contributed by atoms with van der Waals surface area (Å²) in [6.07, 6.45) is 3.52. The monoisotopic (exact) mass is 412 g/mol. The van der Waals surface area contributed by atoms with Crippen LogP contribution in [0.2, 0.25) is 0 Å². The third-order valence-corrected chi connectivity index (χ3v) is 5.88. The summed E-state index contributed by atoms with van der Waals surface area (Å²) in [5, 5.41) is 5.03. The molecule has 29 heavy (non-hydrogen) atoms. The van der Waals surface area contributed by atoms with E-state index in [1.165, 1.54) is 16.2 Å². The van der Waals surface area contributed by atoms with Crippen LogP contribution in [0.15, 0.2) is 35.8 Å². The molecule has 0 radical (unpaired) electrons. The van der Waals surface area contributed by atoms with Gasteiger partial charge in [-0.15, -0.1) is 11.3 Å². The van der Waals surface area contributed by atoms with Crippen molar-refractivity contribution in [3.63, 3.8) is 0 Å². The van der Waals surface area contributed by atoms with E-state index in [4.69, 9.17) is 0 Å². The van der Waals surface area contributed by atoms with Gasteiger partial charge in [0.2, 0.25) is 11.8 Å². The number of hydrogen-bond donors (Lipinski definition) is 1. The number of thiazole rings is 1. The molecule has 2 aliphatic heterocycles. The van der Waals surface area contributed by atoms with Crippen molar-refractivity contribution in [1.82, 2.24) is 14.8 Å². The number of benzene rings is 1. The molecule has 1 unspecified atom stereocenters. The van der Waals surface area contributed by atoms with Gasteiger partial charge in [-0.1, -0.05) is 12.1 Å². The summed E-state index contributed by atoms with van der Waals surface area (Å²) in [6.45, 7) is 0.712. The molecule has 150 valence electrons. The summed E-state index contributed by atoms with van der Waals surface area (Å²) in [5.41, 5.74) is 0.810. The molecular weight excluding hydrogens is 392 g/mol. The van der Waals surface area contributed by atoms with Gasteiger partial charge < -0.3 is 10.2 Å². The fourth-order valence-electron chi connectivity index (χ4n) is 3.79. The highest BCUT2D eigenvalue weighted by atomic mass is 32.1. The minimum Gasteiger partial charge on any atom is -0.331 e. The Kier molecular flexibility index (Phi) is 5.39. The molecular formula is C20H20N4O4S. The van der Waals surface area contributed by atoms with E-state index < -0.39 is 6.04 Å². The second kappa shape index (κ2) is 8.12. The molecule has 2 aliphatic rings. The van der Waals surface area contributed by atoms with Gasteiger partial charge in [0.25, 0.3) is 11.8 Å². The van der Waals surface area contributed by atoms with E-state index in [1.54, 1.807) is 40.7 Å². The van der Waals surface area contributed by atoms with Crippen molar-refractivity contribution in [2.75, 3.05) is 18.4 Å². The van der Waals surface area contributed by atoms with Crippen molar-refractivity contribution in [2.45, 2.75) is 31.7 Å². The molecule has 3 heterocycles. The number of aromatic nitrogens is 1. The molecule has 9 heteroatoms. The largest absolute Gasteiger partial charge is 0.331 e. The Balaban J connectivity index is 1.31. The minimum absolute atomic E-state index is 0.140. The Labute approximate surface area is 171 Å². The second-order valence-electron chi connectivity index (χ2n) is 6.98. The number of nitrogens with zero attached hydrogens (tertiary/aromatic N) is 3. The highest BCUT2D eigenvalue weighted by molar-refractivity contribution is 7.13. The zero-order valence-corrected chi connectivity index (χ0v) is 16.5. The number of nitrogens with one attached hydrogen (secondary N) is 1. The van der Waals surface area contributed by atoms with Gasteiger partial charge in [-0.2, -0.15) is 0 Å². The van der Waals surface area contributed by atoms with Crippen LogP contribution in [-0.4, -0.2) is 57.5 Å². The van der Waals surface area contributed by atoms with E-state index in [0.29, 0.717) is 35.6 Å². The zero-order valence-electron chi connectivity index (χ0n) is 15.7. The molecule has 4 amide bonds. The molecule has 0 aliphatic carbocycles. The van der Waals surface area contributed by atoms with Gasteiger partial charge >= 0.3 is 0 Å². The summed E-state index contributed by atoms with van der Waals surface area (Å²) >= 11 is 1.33. The molecule has 1 aromatic carbocycles. The van der Waals surface area contributed by atoms with E-state index in [1.807, 2.05) is 0 Å². The third-order valence-electron chi connectivity index (χ3n) is 5.19. The third kappa shape index (κ3) is 3.77. The molecule has 1 saturated heterocycles. The number of rotatable bonds is 6. The molecule has 0 bridgehead atoms. The van der Waals surface area contributed by atoms with Crippen LogP contribution < -0.4 is 5.32 Å². The van der Waals surface area contributed by atoms with Crippen molar-refractivity contribution in [1.29, 1.82) is 0 Å². The maximum atomic E-state index is 12.7. The Morgan fingerprint density at radius 2 is 1.90 bits per heavy atom. The normalized spacial score (nSPS) is 18.3. The van der Waals surface area contributed by atoms with E-state index in [-0.39, 0.29) is 36.6 Å². The Morgan fingerprint density at radius 1 is 1.17 bits per heavy atom. The van der Waals surface area contributed by atoms with Crippen LogP contribution in [0.5, 0.6) is 0 Å². The van der Waals surface area contributed by atoms with Crippen LogP contribution in [0.1, 0.15) is 46.4 Å². The number of amides is 4. The lowest BCUT2D eigenvalue weighted by Crippen LogP contribution is -2.43. The Bertz CT molecular complexity index is 924. The summed E-state index contributed by atoms with van der Waals surface area (Å²) in [6, 6.07) is 6.21. The molecule has 8 nitrogen and oxygen atoms in total. The van der Waals surface area contributed by atoms with Crippen molar-refractivity contribution in [3.8, 4) is 0 Å². The summed E-state index contributed by atoms with van der Waals surface area (Å²) in [7, 11) is 0. The topological polar surface area (TPSA) is 99.7 Å². The smallest absolute Gasteiger partial charge is 0.261 e. The fraction of sp³-hybridized carbons (Fsp3) is 0.350. The first-order valence-electron chi connectivity index (χ1n) is 9.51. The lowest BCUT2D eigenvalue weighted by molar-refractivity contribution is -0.136. The Hall–Kier alpha value is -3.07. The van der Waals surface area contributed by atoms with Crippen molar-refractivity contribution in [2.24, 2.45) is 0 Å². The number of hydrogen-bond acceptors (Lipinski definition) is 6. The predicted molar refractivity (Wildman–Crippen MR) is 107 cm³/mol. The molecule has 0 spiro atoms. The molecule has 2 aromatic rings. The molecule has 1 N–H and O–H groups in total. The van der Waals surface area contributed by atoms with E-state index in [9.17, 15) is 19.2 Å². The minimum atomic E-state index is -0.509. The van der Waals surface area contributed by atoms with Crippen LogP contribution in [0, 0.1) is 0 Å². The maximum Gasteiger partial charge on any atom is 0.261 e. The van der Waals surface area contributed by atoms with Gasteiger partial charge in [0.05, 0.1) is 11.1 Å². The number of carbonyl (C=O) groups excluding carboxylic acids is 4. The fourth-order valence-corrected chi connectivity index (χ4v) is 4.32. The standard InChI is InChI=1S/C20H20N4O4S/c25-16(23-10-3-7-15(23)17(26)22-20-21-9-12-29-20)8-4-11-24-18(27)13-5-1-2-6-14(13)19(24)28/h1-2,5-6,9,12,15H,3-4,7-8,10-11H2,(H,21,22,26). The second-order valence-corrected chi connectivity index (χ2v) is 7.88. The van der Waals surface area contributed by atoms with E-state index in [2.05, 4.69) is 10.3 Å². The number of imide groups is 1. The number of likely N-dealkylation sites (tertiary alicyclic amines) is 1. The Morgan fingerprint density at radius 3 is 2.55 bits per heavy atom. The van der Waals surface area contributed by atoms with Crippen LogP contribution >= 0.6 is 11.3 Å². The maximum absolute atomic E-state index is 12.7. The van der Waals surface area contributed by atoms with Gasteiger partial charge in [-0.3, -0.25) is 24.1 Å². The molecule has 4 rings (SSSR count). The van der Waals surface area contributed by atoms with Crippen LogP contribution in [0.4, 0.5) is 5.13 Å².